The first kappa shape index (κ1) is 13.5. The zero-order valence-electron chi connectivity index (χ0n) is 11.1. The van der Waals surface area contributed by atoms with Crippen LogP contribution in [-0.4, -0.2) is 19.3 Å². The predicted molar refractivity (Wildman–Crippen MR) is 84.4 cm³/mol. The fraction of sp³-hybridized carbons (Fsp3) is 0.231. The zero-order valence-corrected chi connectivity index (χ0v) is 13.4. The molecule has 3 rings (SSSR count). The number of fused-ring (bicyclic) bond motifs is 1. The quantitative estimate of drug-likeness (QED) is 0.765. The second-order valence-electron chi connectivity index (χ2n) is 4.48. The summed E-state index contributed by atoms with van der Waals surface area (Å²) in [5.41, 5.74) is 9.58. The first-order valence-corrected chi connectivity index (χ1v) is 7.36. The molecule has 0 aliphatic carbocycles. The van der Waals surface area contributed by atoms with Crippen molar-refractivity contribution in [3.8, 4) is 5.69 Å². The molecule has 0 aliphatic heterocycles. The Hall–Kier alpha value is -1.53. The predicted octanol–water partition coefficient (Wildman–Crippen LogP) is 3.55. The van der Waals surface area contributed by atoms with Crippen molar-refractivity contribution in [1.82, 2.24) is 19.3 Å². The molecule has 0 amide bonds. The highest BCUT2D eigenvalue weighted by molar-refractivity contribution is 9.10. The number of nitrogen functional groups attached to an aromatic ring is 1. The van der Waals surface area contributed by atoms with Crippen LogP contribution in [0.4, 0.5) is 5.95 Å². The Labute approximate surface area is 129 Å². The third-order valence-corrected chi connectivity index (χ3v) is 4.41. The van der Waals surface area contributed by atoms with Crippen molar-refractivity contribution < 1.29 is 0 Å². The Morgan fingerprint density at radius 2 is 2.15 bits per heavy atom. The van der Waals surface area contributed by atoms with E-state index in [0.29, 0.717) is 11.0 Å². The third kappa shape index (κ3) is 1.91. The average Bonchev–Trinajstić information content (AvgIpc) is 2.90. The standard InChI is InChI=1S/C13H13BrClN5/c1-3-19-12-11(7(2)18-19)17-13(16)20(12)8-4-5-10(15)9(14)6-8/h4-6H,3H2,1-2H3,(H2,16,17). The SMILES string of the molecule is CCn1nc(C)c2nc(N)n(-c3ccc(Cl)c(Br)c3)c21. The topological polar surface area (TPSA) is 61.7 Å². The monoisotopic (exact) mass is 353 g/mol. The molecule has 0 saturated heterocycles. The van der Waals surface area contributed by atoms with E-state index in [0.717, 1.165) is 33.6 Å². The van der Waals surface area contributed by atoms with Gasteiger partial charge in [-0.05, 0) is 48.0 Å². The van der Waals surface area contributed by atoms with E-state index in [1.165, 1.54) is 0 Å². The van der Waals surface area contributed by atoms with Crippen molar-refractivity contribution in [1.29, 1.82) is 0 Å². The molecule has 0 bridgehead atoms. The second kappa shape index (κ2) is 4.79. The van der Waals surface area contributed by atoms with E-state index in [2.05, 4.69) is 26.0 Å². The van der Waals surface area contributed by atoms with Gasteiger partial charge in [0.2, 0.25) is 5.95 Å². The molecule has 20 heavy (non-hydrogen) atoms. The number of benzene rings is 1. The summed E-state index contributed by atoms with van der Waals surface area (Å²) in [7, 11) is 0. The van der Waals surface area contributed by atoms with Gasteiger partial charge in [0.15, 0.2) is 5.65 Å². The average molecular weight is 355 g/mol. The molecule has 0 spiro atoms. The number of aryl methyl sites for hydroxylation is 2. The van der Waals surface area contributed by atoms with Gasteiger partial charge in [0.25, 0.3) is 0 Å². The van der Waals surface area contributed by atoms with Gasteiger partial charge < -0.3 is 5.73 Å². The normalized spacial score (nSPS) is 11.4. The van der Waals surface area contributed by atoms with Crippen LogP contribution in [0, 0.1) is 6.92 Å². The van der Waals surface area contributed by atoms with Crippen LogP contribution in [-0.2, 0) is 6.54 Å². The molecule has 5 nitrogen and oxygen atoms in total. The number of anilines is 1. The van der Waals surface area contributed by atoms with Crippen LogP contribution in [0.5, 0.6) is 0 Å². The summed E-state index contributed by atoms with van der Waals surface area (Å²) >= 11 is 9.47. The molecule has 3 aromatic rings. The molecule has 0 fully saturated rings. The maximum atomic E-state index is 6.07. The van der Waals surface area contributed by atoms with Crippen molar-refractivity contribution in [3.05, 3.63) is 33.4 Å². The van der Waals surface area contributed by atoms with Crippen LogP contribution in [0.2, 0.25) is 5.02 Å². The van der Waals surface area contributed by atoms with Crippen LogP contribution in [0.1, 0.15) is 12.6 Å². The number of rotatable bonds is 2. The molecule has 0 atom stereocenters. The van der Waals surface area contributed by atoms with Crippen molar-refractivity contribution in [2.75, 3.05) is 5.73 Å². The number of halogens is 2. The highest BCUT2D eigenvalue weighted by Gasteiger charge is 2.18. The number of nitrogens with zero attached hydrogens (tertiary/aromatic N) is 4. The van der Waals surface area contributed by atoms with Crippen molar-refractivity contribution in [2.45, 2.75) is 20.4 Å². The molecule has 1 aromatic carbocycles. The Bertz CT molecular complexity index is 805. The summed E-state index contributed by atoms with van der Waals surface area (Å²) < 4.78 is 4.61. The lowest BCUT2D eigenvalue weighted by Gasteiger charge is -2.09. The molecule has 0 saturated carbocycles. The van der Waals surface area contributed by atoms with Gasteiger partial charge in [-0.2, -0.15) is 5.10 Å². The second-order valence-corrected chi connectivity index (χ2v) is 5.74. The first-order chi connectivity index (χ1) is 9.52. The highest BCUT2D eigenvalue weighted by atomic mass is 79.9. The summed E-state index contributed by atoms with van der Waals surface area (Å²) in [6, 6.07) is 5.65. The smallest absolute Gasteiger partial charge is 0.207 e. The molecule has 2 aromatic heterocycles. The fourth-order valence-electron chi connectivity index (χ4n) is 2.28. The fourth-order valence-corrected chi connectivity index (χ4v) is 2.77. The van der Waals surface area contributed by atoms with Crippen LogP contribution < -0.4 is 5.73 Å². The number of nitrogens with two attached hydrogens (primary N) is 1. The summed E-state index contributed by atoms with van der Waals surface area (Å²) in [5.74, 6) is 0.442. The summed E-state index contributed by atoms with van der Waals surface area (Å²) in [6.07, 6.45) is 0. The third-order valence-electron chi connectivity index (χ3n) is 3.20. The minimum absolute atomic E-state index is 0.442. The van der Waals surface area contributed by atoms with E-state index in [1.807, 2.05) is 41.3 Å². The molecule has 7 heteroatoms. The Balaban J connectivity index is 2.34. The van der Waals surface area contributed by atoms with Gasteiger partial charge >= 0.3 is 0 Å². The van der Waals surface area contributed by atoms with Gasteiger partial charge in [-0.25, -0.2) is 9.67 Å². The van der Waals surface area contributed by atoms with Gasteiger partial charge in [-0.1, -0.05) is 11.6 Å². The van der Waals surface area contributed by atoms with Crippen molar-refractivity contribution in [2.24, 2.45) is 0 Å². The summed E-state index contributed by atoms with van der Waals surface area (Å²) in [5, 5.41) is 5.13. The molecule has 104 valence electrons. The number of imidazole rings is 1. The van der Waals surface area contributed by atoms with E-state index in [-0.39, 0.29) is 0 Å². The van der Waals surface area contributed by atoms with Crippen LogP contribution in [0.3, 0.4) is 0 Å². The molecule has 0 aliphatic rings. The van der Waals surface area contributed by atoms with Crippen molar-refractivity contribution in [3.63, 3.8) is 0 Å². The first-order valence-electron chi connectivity index (χ1n) is 6.19. The molecular formula is C13H13BrClN5. The van der Waals surface area contributed by atoms with E-state index in [4.69, 9.17) is 17.3 Å². The minimum atomic E-state index is 0.442. The van der Waals surface area contributed by atoms with Crippen molar-refractivity contribution >= 4 is 44.6 Å². The molecular weight excluding hydrogens is 342 g/mol. The van der Waals surface area contributed by atoms with Crippen LogP contribution in [0.25, 0.3) is 16.9 Å². The van der Waals surface area contributed by atoms with E-state index in [1.54, 1.807) is 0 Å². The lowest BCUT2D eigenvalue weighted by Crippen LogP contribution is -2.06. The van der Waals surface area contributed by atoms with Crippen LogP contribution >= 0.6 is 27.5 Å². The van der Waals surface area contributed by atoms with Crippen LogP contribution in [0.15, 0.2) is 22.7 Å². The lowest BCUT2D eigenvalue weighted by atomic mass is 10.3. The Morgan fingerprint density at radius 1 is 1.40 bits per heavy atom. The van der Waals surface area contributed by atoms with E-state index >= 15 is 0 Å². The summed E-state index contributed by atoms with van der Waals surface area (Å²) in [6.45, 7) is 4.73. The number of hydrogen-bond acceptors (Lipinski definition) is 3. The van der Waals surface area contributed by atoms with Gasteiger partial charge in [0.1, 0.15) is 5.52 Å². The Kier molecular flexibility index (Phi) is 3.22. The highest BCUT2D eigenvalue weighted by Crippen LogP contribution is 2.29. The van der Waals surface area contributed by atoms with Gasteiger partial charge in [0.05, 0.1) is 16.4 Å². The summed E-state index contributed by atoms with van der Waals surface area (Å²) in [4.78, 5) is 4.42. The largest absolute Gasteiger partial charge is 0.369 e. The minimum Gasteiger partial charge on any atom is -0.369 e. The molecule has 0 unspecified atom stereocenters. The lowest BCUT2D eigenvalue weighted by molar-refractivity contribution is 0.663. The van der Waals surface area contributed by atoms with Gasteiger partial charge in [-0.15, -0.1) is 0 Å². The number of aromatic nitrogens is 4. The maximum absolute atomic E-state index is 6.07. The molecule has 2 heterocycles. The Morgan fingerprint density at radius 3 is 2.80 bits per heavy atom. The van der Waals surface area contributed by atoms with E-state index < -0.39 is 0 Å². The maximum Gasteiger partial charge on any atom is 0.207 e. The molecule has 0 radical (unpaired) electrons. The van der Waals surface area contributed by atoms with E-state index in [9.17, 15) is 0 Å². The molecule has 2 N–H and O–H groups in total. The van der Waals surface area contributed by atoms with Gasteiger partial charge in [0, 0.05) is 11.0 Å². The number of hydrogen-bond donors (Lipinski definition) is 1. The van der Waals surface area contributed by atoms with Gasteiger partial charge in [-0.3, -0.25) is 4.57 Å². The zero-order chi connectivity index (χ0) is 14.4.